The van der Waals surface area contributed by atoms with Gasteiger partial charge < -0.3 is 14.7 Å². The summed E-state index contributed by atoms with van der Waals surface area (Å²) >= 11 is 0. The molecule has 5 nitrogen and oxygen atoms in total. The highest BCUT2D eigenvalue weighted by molar-refractivity contribution is 6.46. The first-order valence-electron chi connectivity index (χ1n) is 10.7. The fourth-order valence-corrected chi connectivity index (χ4v) is 4.03. The maximum absolute atomic E-state index is 13.8. The minimum absolute atomic E-state index is 0.0110. The molecule has 0 aromatic heterocycles. The molecule has 1 atom stereocenters. The molecule has 1 fully saturated rings. The van der Waals surface area contributed by atoms with Crippen LogP contribution in [0.4, 0.5) is 4.39 Å². The summed E-state index contributed by atoms with van der Waals surface area (Å²) in [5.41, 5.74) is 2.12. The van der Waals surface area contributed by atoms with Gasteiger partial charge in [-0.25, -0.2) is 4.39 Å². The molecule has 3 aromatic rings. The summed E-state index contributed by atoms with van der Waals surface area (Å²) in [5, 5.41) is 11.1. The number of aliphatic hydroxyl groups excluding tert-OH is 1. The maximum Gasteiger partial charge on any atom is 0.295 e. The van der Waals surface area contributed by atoms with Crippen LogP contribution in [0.15, 0.2) is 78.4 Å². The Morgan fingerprint density at radius 1 is 1.03 bits per heavy atom. The van der Waals surface area contributed by atoms with Gasteiger partial charge in [-0.15, -0.1) is 0 Å². The van der Waals surface area contributed by atoms with Gasteiger partial charge in [-0.1, -0.05) is 42.5 Å². The summed E-state index contributed by atoms with van der Waals surface area (Å²) in [5.74, 6) is -1.48. The Bertz CT molecular complexity index is 1220. The number of ether oxygens (including phenoxy) is 1. The highest BCUT2D eigenvalue weighted by atomic mass is 19.1. The van der Waals surface area contributed by atoms with E-state index in [1.54, 1.807) is 6.92 Å². The lowest BCUT2D eigenvalue weighted by Crippen LogP contribution is -2.29. The Balaban J connectivity index is 1.79. The van der Waals surface area contributed by atoms with Gasteiger partial charge in [0.15, 0.2) is 0 Å². The zero-order valence-corrected chi connectivity index (χ0v) is 18.4. The number of amides is 1. The van der Waals surface area contributed by atoms with E-state index in [4.69, 9.17) is 4.74 Å². The average molecular weight is 445 g/mol. The molecule has 0 spiro atoms. The second kappa shape index (κ2) is 9.28. The quantitative estimate of drug-likeness (QED) is 0.324. The molecule has 1 unspecified atom stereocenters. The van der Waals surface area contributed by atoms with Crippen molar-refractivity contribution in [2.24, 2.45) is 0 Å². The molecular formula is C27H24FNO4. The molecule has 168 valence electrons. The van der Waals surface area contributed by atoms with Crippen LogP contribution in [-0.4, -0.2) is 28.3 Å². The Morgan fingerprint density at radius 2 is 1.73 bits per heavy atom. The van der Waals surface area contributed by atoms with Crippen LogP contribution in [-0.2, 0) is 16.1 Å². The van der Waals surface area contributed by atoms with Crippen molar-refractivity contribution < 1.29 is 23.8 Å². The number of carbonyl (C=O) groups is 2. The second-order valence-corrected chi connectivity index (χ2v) is 7.88. The maximum atomic E-state index is 13.8. The molecule has 0 saturated carbocycles. The van der Waals surface area contributed by atoms with Gasteiger partial charge in [0, 0.05) is 12.1 Å². The van der Waals surface area contributed by atoms with Gasteiger partial charge >= 0.3 is 0 Å². The van der Waals surface area contributed by atoms with Crippen molar-refractivity contribution in [1.82, 2.24) is 4.90 Å². The number of hydrogen-bond donors (Lipinski definition) is 1. The number of likely N-dealkylation sites (tertiary alicyclic amines) is 1. The molecule has 3 aromatic carbocycles. The average Bonchev–Trinajstić information content (AvgIpc) is 3.07. The number of rotatable bonds is 6. The van der Waals surface area contributed by atoms with E-state index < -0.39 is 23.5 Å². The van der Waals surface area contributed by atoms with Crippen molar-refractivity contribution in [3.8, 4) is 5.75 Å². The molecule has 1 amide bonds. The van der Waals surface area contributed by atoms with Crippen molar-refractivity contribution in [3.05, 3.63) is 106 Å². The van der Waals surface area contributed by atoms with E-state index in [1.165, 1.54) is 23.1 Å². The molecule has 1 aliphatic rings. The molecule has 4 rings (SSSR count). The predicted molar refractivity (Wildman–Crippen MR) is 123 cm³/mol. The molecule has 6 heteroatoms. The van der Waals surface area contributed by atoms with Gasteiger partial charge in [-0.2, -0.15) is 0 Å². The minimum atomic E-state index is -0.775. The molecule has 1 N–H and O–H groups in total. The Kier molecular flexibility index (Phi) is 6.27. The standard InChI is InChI=1S/C27H24FNO4/c1-3-33-21-12-9-18(10-13-21)16-29-24(19-7-5-4-6-8-19)23(26(31)27(29)32)25(30)20-11-14-22(28)17(2)15-20/h4-15,24,30H,3,16H2,1-2H3/b25-23-. The Hall–Kier alpha value is -3.93. The van der Waals surface area contributed by atoms with Crippen molar-refractivity contribution in [1.29, 1.82) is 0 Å². The normalized spacial score (nSPS) is 17.4. The number of aryl methyl sites for hydroxylation is 1. The first-order valence-corrected chi connectivity index (χ1v) is 10.7. The smallest absolute Gasteiger partial charge is 0.295 e. The highest BCUT2D eigenvalue weighted by Gasteiger charge is 2.46. The van der Waals surface area contributed by atoms with Crippen LogP contribution >= 0.6 is 0 Å². The summed E-state index contributed by atoms with van der Waals surface area (Å²) in [6.45, 7) is 4.20. The molecule has 1 heterocycles. The van der Waals surface area contributed by atoms with Gasteiger partial charge in [0.05, 0.1) is 18.2 Å². The zero-order valence-electron chi connectivity index (χ0n) is 18.4. The summed E-state index contributed by atoms with van der Waals surface area (Å²) in [7, 11) is 0. The van der Waals surface area contributed by atoms with Gasteiger partial charge in [0.25, 0.3) is 11.7 Å². The SMILES string of the molecule is CCOc1ccc(CN2C(=O)C(=O)/C(=C(\O)c3ccc(F)c(C)c3)C2c2ccccc2)cc1. The Labute approximate surface area is 191 Å². The fourth-order valence-electron chi connectivity index (χ4n) is 4.03. The molecule has 0 aliphatic carbocycles. The lowest BCUT2D eigenvalue weighted by molar-refractivity contribution is -0.140. The molecule has 1 aliphatic heterocycles. The number of nitrogens with zero attached hydrogens (tertiary/aromatic N) is 1. The third-order valence-corrected chi connectivity index (χ3v) is 5.67. The van der Waals surface area contributed by atoms with Crippen LogP contribution in [0.2, 0.25) is 0 Å². The van der Waals surface area contributed by atoms with Crippen LogP contribution in [0.25, 0.3) is 5.76 Å². The number of ketones is 1. The molecular weight excluding hydrogens is 421 g/mol. The number of hydrogen-bond acceptors (Lipinski definition) is 4. The predicted octanol–water partition coefficient (Wildman–Crippen LogP) is 5.15. The van der Waals surface area contributed by atoms with Gasteiger partial charge in [0.2, 0.25) is 0 Å². The first kappa shape index (κ1) is 22.3. The van der Waals surface area contributed by atoms with Gasteiger partial charge in [0.1, 0.15) is 17.3 Å². The third-order valence-electron chi connectivity index (χ3n) is 5.67. The topological polar surface area (TPSA) is 66.8 Å². The van der Waals surface area contributed by atoms with Crippen LogP contribution in [0.5, 0.6) is 5.75 Å². The van der Waals surface area contributed by atoms with Crippen molar-refractivity contribution >= 4 is 17.4 Å². The zero-order chi connectivity index (χ0) is 23.5. The number of halogens is 1. The fraction of sp³-hybridized carbons (Fsp3) is 0.185. The Morgan fingerprint density at radius 3 is 2.36 bits per heavy atom. The first-order chi connectivity index (χ1) is 15.9. The van der Waals surface area contributed by atoms with Crippen LogP contribution in [0, 0.1) is 12.7 Å². The van der Waals surface area contributed by atoms with E-state index in [0.717, 1.165) is 11.3 Å². The molecule has 33 heavy (non-hydrogen) atoms. The summed E-state index contributed by atoms with van der Waals surface area (Å²) in [6, 6.07) is 19.7. The van der Waals surface area contributed by atoms with E-state index in [1.807, 2.05) is 61.5 Å². The molecule has 0 radical (unpaired) electrons. The van der Waals surface area contributed by atoms with E-state index in [-0.39, 0.29) is 23.4 Å². The third kappa shape index (κ3) is 4.37. The lowest BCUT2D eigenvalue weighted by Gasteiger charge is -2.25. The van der Waals surface area contributed by atoms with E-state index in [0.29, 0.717) is 17.7 Å². The number of Topliss-reactive ketones (excluding diaryl/α,β-unsaturated/α-hetero) is 1. The van der Waals surface area contributed by atoms with Crippen molar-refractivity contribution in [2.75, 3.05) is 6.61 Å². The number of carbonyl (C=O) groups excluding carboxylic acids is 2. The second-order valence-electron chi connectivity index (χ2n) is 7.88. The molecule has 0 bridgehead atoms. The summed E-state index contributed by atoms with van der Waals surface area (Å²) in [4.78, 5) is 27.6. The minimum Gasteiger partial charge on any atom is -0.507 e. The lowest BCUT2D eigenvalue weighted by atomic mass is 9.94. The van der Waals surface area contributed by atoms with Gasteiger partial charge in [-0.05, 0) is 60.9 Å². The van der Waals surface area contributed by atoms with E-state index in [2.05, 4.69) is 0 Å². The number of benzene rings is 3. The number of aliphatic hydroxyl groups is 1. The van der Waals surface area contributed by atoms with Crippen LogP contribution in [0.3, 0.4) is 0 Å². The highest BCUT2D eigenvalue weighted by Crippen LogP contribution is 2.40. The van der Waals surface area contributed by atoms with Crippen LogP contribution < -0.4 is 4.74 Å². The van der Waals surface area contributed by atoms with Crippen molar-refractivity contribution in [3.63, 3.8) is 0 Å². The largest absolute Gasteiger partial charge is 0.507 e. The summed E-state index contributed by atoms with van der Waals surface area (Å²) in [6.07, 6.45) is 0. The van der Waals surface area contributed by atoms with E-state index >= 15 is 0 Å². The summed E-state index contributed by atoms with van der Waals surface area (Å²) < 4.78 is 19.2. The van der Waals surface area contributed by atoms with E-state index in [9.17, 15) is 19.1 Å². The monoisotopic (exact) mass is 445 g/mol. The van der Waals surface area contributed by atoms with Crippen molar-refractivity contribution in [2.45, 2.75) is 26.4 Å². The van der Waals surface area contributed by atoms with Gasteiger partial charge in [-0.3, -0.25) is 9.59 Å². The van der Waals surface area contributed by atoms with Crippen LogP contribution in [0.1, 0.15) is 35.2 Å². The molecule has 1 saturated heterocycles.